The number of carbonyl (C=O) groups is 2. The molecular formula is C29H31N3O4. The van der Waals surface area contributed by atoms with Crippen LogP contribution in [-0.2, 0) is 6.42 Å². The van der Waals surface area contributed by atoms with Crippen LogP contribution in [0.3, 0.4) is 0 Å². The zero-order valence-corrected chi connectivity index (χ0v) is 20.8. The zero-order chi connectivity index (χ0) is 25.3. The van der Waals surface area contributed by atoms with E-state index in [0.29, 0.717) is 42.3 Å². The molecule has 2 heterocycles. The smallest absolute Gasteiger partial charge is 0.325 e. The molecule has 1 saturated heterocycles. The Balaban J connectivity index is 1.35. The van der Waals surface area contributed by atoms with Gasteiger partial charge in [-0.3, -0.25) is 9.69 Å². The van der Waals surface area contributed by atoms with Crippen molar-refractivity contribution in [2.24, 2.45) is 0 Å². The lowest BCUT2D eigenvalue weighted by molar-refractivity contribution is 0.0343. The van der Waals surface area contributed by atoms with Gasteiger partial charge in [0.25, 0.3) is 5.91 Å². The molecule has 1 fully saturated rings. The highest BCUT2D eigenvalue weighted by Crippen LogP contribution is 2.49. The number of para-hydroxylation sites is 1. The Bertz CT molecular complexity index is 1290. The topological polar surface area (TPSA) is 79.9 Å². The van der Waals surface area contributed by atoms with Crippen LogP contribution in [-0.4, -0.2) is 30.8 Å². The Morgan fingerprint density at radius 3 is 2.72 bits per heavy atom. The van der Waals surface area contributed by atoms with E-state index in [2.05, 4.69) is 41.8 Å². The van der Waals surface area contributed by atoms with Gasteiger partial charge >= 0.3 is 6.03 Å². The predicted octanol–water partition coefficient (Wildman–Crippen LogP) is 5.14. The Morgan fingerprint density at radius 2 is 1.94 bits per heavy atom. The van der Waals surface area contributed by atoms with Gasteiger partial charge in [0.05, 0.1) is 18.3 Å². The predicted molar refractivity (Wildman–Crippen MR) is 139 cm³/mol. The first-order valence-corrected chi connectivity index (χ1v) is 12.4. The van der Waals surface area contributed by atoms with Gasteiger partial charge in [-0.15, -0.1) is 0 Å². The molecule has 2 aliphatic heterocycles. The summed E-state index contributed by atoms with van der Waals surface area (Å²) in [6.07, 6.45) is 1.31. The molecule has 0 aliphatic carbocycles. The van der Waals surface area contributed by atoms with Crippen molar-refractivity contribution in [3.05, 3.63) is 89.0 Å². The number of ether oxygens (including phenoxy) is 2. The second kappa shape index (κ2) is 9.57. The van der Waals surface area contributed by atoms with Crippen molar-refractivity contribution in [2.45, 2.75) is 45.4 Å². The van der Waals surface area contributed by atoms with Crippen LogP contribution in [0.5, 0.6) is 11.5 Å². The van der Waals surface area contributed by atoms with Crippen LogP contribution in [0.15, 0.2) is 66.7 Å². The van der Waals surface area contributed by atoms with Gasteiger partial charge in [-0.2, -0.15) is 0 Å². The highest BCUT2D eigenvalue weighted by Gasteiger charge is 2.50. The Hall–Kier alpha value is -4.00. The second-order valence-electron chi connectivity index (χ2n) is 9.47. The Kier molecular flexibility index (Phi) is 6.31. The monoisotopic (exact) mass is 485 g/mol. The molecule has 3 aromatic rings. The molecule has 3 aromatic carbocycles. The van der Waals surface area contributed by atoms with E-state index in [0.717, 1.165) is 12.0 Å². The minimum Gasteiger partial charge on any atom is -0.490 e. The molecule has 0 saturated carbocycles. The molecule has 7 heteroatoms. The van der Waals surface area contributed by atoms with Crippen LogP contribution in [0.2, 0.25) is 0 Å². The molecule has 2 N–H and O–H groups in total. The van der Waals surface area contributed by atoms with E-state index in [-0.39, 0.29) is 18.0 Å². The average Bonchev–Trinajstić information content (AvgIpc) is 2.85. The van der Waals surface area contributed by atoms with E-state index >= 15 is 0 Å². The number of nitrogens with one attached hydrogen (secondary N) is 2. The Morgan fingerprint density at radius 1 is 1.17 bits per heavy atom. The van der Waals surface area contributed by atoms with Crippen LogP contribution in [0.25, 0.3) is 0 Å². The summed E-state index contributed by atoms with van der Waals surface area (Å²) >= 11 is 0. The molecule has 3 amide bonds. The first-order chi connectivity index (χ1) is 17.4. The molecule has 0 radical (unpaired) electrons. The summed E-state index contributed by atoms with van der Waals surface area (Å²) in [7, 11) is 0. The highest BCUT2D eigenvalue weighted by molar-refractivity contribution is 5.99. The number of hydrogen-bond acceptors (Lipinski definition) is 4. The van der Waals surface area contributed by atoms with Crippen LogP contribution >= 0.6 is 0 Å². The van der Waals surface area contributed by atoms with Crippen LogP contribution in [0.1, 0.15) is 53.4 Å². The van der Waals surface area contributed by atoms with Gasteiger partial charge in [0, 0.05) is 24.1 Å². The quantitative estimate of drug-likeness (QED) is 0.486. The van der Waals surface area contributed by atoms with Crippen molar-refractivity contribution in [1.82, 2.24) is 10.6 Å². The largest absolute Gasteiger partial charge is 0.490 e. The lowest BCUT2D eigenvalue weighted by Crippen LogP contribution is -2.65. The number of anilines is 1. The number of rotatable bonds is 7. The summed E-state index contributed by atoms with van der Waals surface area (Å²) in [4.78, 5) is 27.8. The number of benzene rings is 3. The van der Waals surface area contributed by atoms with Crippen molar-refractivity contribution in [2.75, 3.05) is 18.1 Å². The minimum absolute atomic E-state index is 0.182. The third-order valence-corrected chi connectivity index (χ3v) is 6.75. The van der Waals surface area contributed by atoms with Crippen molar-refractivity contribution >= 4 is 17.6 Å². The molecular weight excluding hydrogens is 454 g/mol. The van der Waals surface area contributed by atoms with Crippen molar-refractivity contribution in [1.29, 1.82) is 0 Å². The van der Waals surface area contributed by atoms with Crippen molar-refractivity contribution < 1.29 is 19.1 Å². The minimum atomic E-state index is -0.937. The zero-order valence-electron chi connectivity index (χ0n) is 20.8. The molecule has 0 aromatic heterocycles. The molecule has 2 atom stereocenters. The average molecular weight is 486 g/mol. The fourth-order valence-electron chi connectivity index (χ4n) is 4.98. The van der Waals surface area contributed by atoms with Crippen LogP contribution in [0.4, 0.5) is 10.5 Å². The number of fused-ring (bicyclic) bond motifs is 4. The molecule has 2 bridgehead atoms. The lowest BCUT2D eigenvalue weighted by atomic mass is 9.89. The summed E-state index contributed by atoms with van der Waals surface area (Å²) in [6, 6.07) is 20.7. The second-order valence-corrected chi connectivity index (χ2v) is 9.47. The van der Waals surface area contributed by atoms with E-state index in [1.165, 1.54) is 11.1 Å². The first-order valence-electron chi connectivity index (χ1n) is 12.4. The fourth-order valence-corrected chi connectivity index (χ4v) is 4.98. The third kappa shape index (κ3) is 4.49. The van der Waals surface area contributed by atoms with Gasteiger partial charge in [-0.25, -0.2) is 4.79 Å². The number of carbonyl (C=O) groups excluding carboxylic acids is 2. The van der Waals surface area contributed by atoms with E-state index in [4.69, 9.17) is 9.47 Å². The van der Waals surface area contributed by atoms with Gasteiger partial charge in [-0.1, -0.05) is 48.0 Å². The SMILES string of the molecule is CCOc1cccc2c1O[C@@]1(C)CC2NC(=O)N1c1cccc(C(=O)NCCc2ccc(C)cc2)c1. The molecule has 186 valence electrons. The normalized spacial score (nSPS) is 20.1. The van der Waals surface area contributed by atoms with Gasteiger partial charge in [0.1, 0.15) is 0 Å². The summed E-state index contributed by atoms with van der Waals surface area (Å²) in [6.45, 7) is 6.92. The number of hydrogen-bond donors (Lipinski definition) is 2. The number of urea groups is 1. The van der Waals surface area contributed by atoms with Gasteiger partial charge in [0.2, 0.25) is 0 Å². The standard InChI is InChI=1S/C29H31N3O4/c1-4-35-25-10-6-9-23-24-18-29(3,36-26(23)25)32(28(34)31-24)22-8-5-7-21(17-22)27(33)30-16-15-20-13-11-19(2)12-14-20/h5-14,17,24H,4,15-16,18H2,1-3H3,(H,30,33)(H,31,34)/t24?,29-/m0/s1. The van der Waals surface area contributed by atoms with E-state index in [1.807, 2.05) is 38.1 Å². The molecule has 36 heavy (non-hydrogen) atoms. The molecule has 7 nitrogen and oxygen atoms in total. The maximum atomic E-state index is 13.3. The maximum absolute atomic E-state index is 13.3. The van der Waals surface area contributed by atoms with Crippen LogP contribution < -0.4 is 25.0 Å². The summed E-state index contributed by atoms with van der Waals surface area (Å²) in [5, 5.41) is 6.09. The number of nitrogens with zero attached hydrogens (tertiary/aromatic N) is 1. The summed E-state index contributed by atoms with van der Waals surface area (Å²) in [5.74, 6) is 1.12. The summed E-state index contributed by atoms with van der Waals surface area (Å²) in [5.41, 5.74) is 3.43. The maximum Gasteiger partial charge on any atom is 0.325 e. The molecule has 5 rings (SSSR count). The van der Waals surface area contributed by atoms with Gasteiger partial charge < -0.3 is 20.1 Å². The third-order valence-electron chi connectivity index (χ3n) is 6.75. The van der Waals surface area contributed by atoms with Crippen LogP contribution in [0, 0.1) is 6.92 Å². The van der Waals surface area contributed by atoms with Crippen molar-refractivity contribution in [3.8, 4) is 11.5 Å². The highest BCUT2D eigenvalue weighted by atomic mass is 16.5. The van der Waals surface area contributed by atoms with Gasteiger partial charge in [-0.05, 0) is 57.0 Å². The van der Waals surface area contributed by atoms with E-state index in [1.54, 1.807) is 23.1 Å². The Labute approximate surface area is 211 Å². The summed E-state index contributed by atoms with van der Waals surface area (Å²) < 4.78 is 12.3. The number of aryl methyl sites for hydroxylation is 1. The molecule has 0 spiro atoms. The molecule has 2 aliphatic rings. The van der Waals surface area contributed by atoms with Gasteiger partial charge in [0.15, 0.2) is 17.2 Å². The fraction of sp³-hybridized carbons (Fsp3) is 0.310. The van der Waals surface area contributed by atoms with Crippen molar-refractivity contribution in [3.63, 3.8) is 0 Å². The van der Waals surface area contributed by atoms with E-state index in [9.17, 15) is 9.59 Å². The van der Waals surface area contributed by atoms with E-state index < -0.39 is 5.72 Å². The lowest BCUT2D eigenvalue weighted by Gasteiger charge is -2.50. The molecule has 1 unspecified atom stereocenters. The number of amides is 3. The first kappa shape index (κ1) is 23.7.